The minimum atomic E-state index is -5.01. The number of amides is 1. The van der Waals surface area contributed by atoms with E-state index >= 15 is 0 Å². The van der Waals surface area contributed by atoms with E-state index in [0.717, 1.165) is 0 Å². The predicted octanol–water partition coefficient (Wildman–Crippen LogP) is 5.03. The maximum atomic E-state index is 13.0. The second-order valence-electron chi connectivity index (χ2n) is 6.75. The highest BCUT2D eigenvalue weighted by molar-refractivity contribution is 5.95. The smallest absolute Gasteiger partial charge is 0.416 e. The molecule has 1 aliphatic heterocycles. The molecule has 1 fully saturated rings. The molecule has 0 N–H and O–H groups in total. The molecule has 0 saturated carbocycles. The molecule has 1 saturated heterocycles. The highest BCUT2D eigenvalue weighted by Gasteiger charge is 2.38. The standard InChI is InChI=1S/C20H17F6NO3/c1-29-15-2-4-16(5-3-15)30-17-6-7-27(11-17)18(28)12-8-13(19(21,22)23)10-14(9-12)20(24,25)26/h2-5,8-10,17H,6-7,11H2,1H3. The van der Waals surface area contributed by atoms with Gasteiger partial charge in [-0.3, -0.25) is 4.79 Å². The van der Waals surface area contributed by atoms with Crippen molar-refractivity contribution in [3.05, 3.63) is 59.2 Å². The van der Waals surface area contributed by atoms with Gasteiger partial charge in [0.15, 0.2) is 0 Å². The largest absolute Gasteiger partial charge is 0.497 e. The van der Waals surface area contributed by atoms with Crippen molar-refractivity contribution < 1.29 is 40.6 Å². The third kappa shape index (κ3) is 4.98. The van der Waals surface area contributed by atoms with E-state index < -0.39 is 41.1 Å². The van der Waals surface area contributed by atoms with Crippen LogP contribution in [0.3, 0.4) is 0 Å². The molecule has 1 amide bonds. The second-order valence-corrected chi connectivity index (χ2v) is 6.75. The van der Waals surface area contributed by atoms with Crippen molar-refractivity contribution in [2.45, 2.75) is 24.9 Å². The molecule has 1 atom stereocenters. The van der Waals surface area contributed by atoms with Crippen LogP contribution >= 0.6 is 0 Å². The molecule has 0 radical (unpaired) electrons. The van der Waals surface area contributed by atoms with E-state index in [2.05, 4.69) is 0 Å². The summed E-state index contributed by atoms with van der Waals surface area (Å²) in [6, 6.07) is 7.54. The monoisotopic (exact) mass is 433 g/mol. The molecule has 162 valence electrons. The van der Waals surface area contributed by atoms with Crippen molar-refractivity contribution >= 4 is 5.91 Å². The number of methoxy groups -OCH3 is 1. The number of hydrogen-bond donors (Lipinski definition) is 0. The third-order valence-electron chi connectivity index (χ3n) is 4.63. The highest BCUT2D eigenvalue weighted by atomic mass is 19.4. The first kappa shape index (κ1) is 21.8. The number of nitrogens with zero attached hydrogens (tertiary/aromatic N) is 1. The lowest BCUT2D eigenvalue weighted by Gasteiger charge is -2.19. The fourth-order valence-electron chi connectivity index (χ4n) is 3.12. The number of rotatable bonds is 4. The van der Waals surface area contributed by atoms with Crippen molar-refractivity contribution in [3.63, 3.8) is 0 Å². The number of halogens is 6. The van der Waals surface area contributed by atoms with Crippen molar-refractivity contribution in [2.24, 2.45) is 0 Å². The van der Waals surface area contributed by atoms with Crippen LogP contribution < -0.4 is 9.47 Å². The zero-order valence-corrected chi connectivity index (χ0v) is 15.7. The Morgan fingerprint density at radius 1 is 0.933 bits per heavy atom. The maximum Gasteiger partial charge on any atom is 0.416 e. The highest BCUT2D eigenvalue weighted by Crippen LogP contribution is 2.36. The van der Waals surface area contributed by atoms with E-state index in [1.165, 1.54) is 12.0 Å². The molecule has 0 aromatic heterocycles. The van der Waals surface area contributed by atoms with Gasteiger partial charge in [0.25, 0.3) is 5.91 Å². The van der Waals surface area contributed by atoms with Crippen LogP contribution in [0.4, 0.5) is 26.3 Å². The number of carbonyl (C=O) groups excluding carboxylic acids is 1. The summed E-state index contributed by atoms with van der Waals surface area (Å²) in [5.74, 6) is 0.219. The van der Waals surface area contributed by atoms with Crippen LogP contribution in [0.1, 0.15) is 27.9 Å². The lowest BCUT2D eigenvalue weighted by molar-refractivity contribution is -0.143. The molecule has 1 unspecified atom stereocenters. The van der Waals surface area contributed by atoms with Gasteiger partial charge in [-0.1, -0.05) is 0 Å². The third-order valence-corrected chi connectivity index (χ3v) is 4.63. The number of likely N-dealkylation sites (tertiary alicyclic amines) is 1. The van der Waals surface area contributed by atoms with Crippen LogP contribution in [-0.2, 0) is 12.4 Å². The fraction of sp³-hybridized carbons (Fsp3) is 0.350. The van der Waals surface area contributed by atoms with Gasteiger partial charge in [0, 0.05) is 18.5 Å². The number of carbonyl (C=O) groups is 1. The first-order valence-corrected chi connectivity index (χ1v) is 8.87. The van der Waals surface area contributed by atoms with Gasteiger partial charge in [0.05, 0.1) is 24.8 Å². The first-order chi connectivity index (χ1) is 14.0. The normalized spacial score (nSPS) is 17.2. The Morgan fingerprint density at radius 3 is 1.97 bits per heavy atom. The Labute approximate surface area is 168 Å². The molecule has 0 bridgehead atoms. The summed E-state index contributed by atoms with van der Waals surface area (Å²) in [7, 11) is 1.51. The summed E-state index contributed by atoms with van der Waals surface area (Å²) in [5, 5.41) is 0. The molecular weight excluding hydrogens is 416 g/mol. The van der Waals surface area contributed by atoms with Crippen molar-refractivity contribution in [1.82, 2.24) is 4.90 Å². The molecule has 0 aliphatic carbocycles. The summed E-state index contributed by atoms with van der Waals surface area (Å²) in [6.45, 7) is 0.194. The second kappa shape index (κ2) is 8.08. The van der Waals surface area contributed by atoms with Crippen molar-refractivity contribution in [1.29, 1.82) is 0 Å². The van der Waals surface area contributed by atoms with E-state index in [0.29, 0.717) is 30.1 Å². The number of alkyl halides is 6. The van der Waals surface area contributed by atoms with Crippen molar-refractivity contribution in [3.8, 4) is 11.5 Å². The van der Waals surface area contributed by atoms with Crippen LogP contribution in [0.2, 0.25) is 0 Å². The molecule has 1 heterocycles. The summed E-state index contributed by atoms with van der Waals surface area (Å²) in [5.41, 5.74) is -3.71. The lowest BCUT2D eigenvalue weighted by atomic mass is 10.0. The minimum Gasteiger partial charge on any atom is -0.497 e. The quantitative estimate of drug-likeness (QED) is 0.636. The van der Waals surface area contributed by atoms with Gasteiger partial charge in [0.1, 0.15) is 17.6 Å². The van der Waals surface area contributed by atoms with E-state index in [9.17, 15) is 31.1 Å². The van der Waals surface area contributed by atoms with Crippen LogP contribution in [0.5, 0.6) is 11.5 Å². The molecule has 0 spiro atoms. The van der Waals surface area contributed by atoms with Gasteiger partial charge in [-0.25, -0.2) is 0 Å². The average Bonchev–Trinajstić information content (AvgIpc) is 3.14. The van der Waals surface area contributed by atoms with E-state index in [1.807, 2.05) is 0 Å². The Balaban J connectivity index is 1.76. The van der Waals surface area contributed by atoms with Gasteiger partial charge in [-0.05, 0) is 42.5 Å². The SMILES string of the molecule is COc1ccc(OC2CCN(C(=O)c3cc(C(F)(F)F)cc(C(F)(F)F)c3)C2)cc1. The molecule has 3 rings (SSSR count). The average molecular weight is 433 g/mol. The number of ether oxygens (including phenoxy) is 2. The van der Waals surface area contributed by atoms with Crippen LogP contribution in [-0.4, -0.2) is 37.1 Å². The number of benzene rings is 2. The van der Waals surface area contributed by atoms with Gasteiger partial charge >= 0.3 is 12.4 Å². The zero-order valence-electron chi connectivity index (χ0n) is 15.7. The van der Waals surface area contributed by atoms with Gasteiger partial charge < -0.3 is 14.4 Å². The molecule has 2 aromatic rings. The molecule has 2 aromatic carbocycles. The summed E-state index contributed by atoms with van der Waals surface area (Å²) in [4.78, 5) is 13.8. The zero-order chi connectivity index (χ0) is 22.1. The topological polar surface area (TPSA) is 38.8 Å². The van der Waals surface area contributed by atoms with Crippen molar-refractivity contribution in [2.75, 3.05) is 20.2 Å². The van der Waals surface area contributed by atoms with E-state index in [-0.39, 0.29) is 19.2 Å². The molecule has 10 heteroatoms. The Hall–Kier alpha value is -2.91. The molecular formula is C20H17F6NO3. The van der Waals surface area contributed by atoms with E-state index in [1.54, 1.807) is 24.3 Å². The fourth-order valence-corrected chi connectivity index (χ4v) is 3.12. The summed E-state index contributed by atoms with van der Waals surface area (Å²) in [6.07, 6.45) is -10.1. The summed E-state index contributed by atoms with van der Waals surface area (Å²) >= 11 is 0. The Kier molecular flexibility index (Phi) is 5.87. The minimum absolute atomic E-state index is 0.00362. The van der Waals surface area contributed by atoms with Crippen LogP contribution in [0, 0.1) is 0 Å². The molecule has 30 heavy (non-hydrogen) atoms. The van der Waals surface area contributed by atoms with Gasteiger partial charge in [-0.15, -0.1) is 0 Å². The summed E-state index contributed by atoms with van der Waals surface area (Å²) < 4.78 is 88.9. The van der Waals surface area contributed by atoms with Gasteiger partial charge in [-0.2, -0.15) is 26.3 Å². The molecule has 1 aliphatic rings. The molecule has 4 nitrogen and oxygen atoms in total. The predicted molar refractivity (Wildman–Crippen MR) is 94.4 cm³/mol. The van der Waals surface area contributed by atoms with Crippen LogP contribution in [0.25, 0.3) is 0 Å². The lowest BCUT2D eigenvalue weighted by Crippen LogP contribution is -2.31. The first-order valence-electron chi connectivity index (χ1n) is 8.87. The Bertz CT molecular complexity index is 876. The van der Waals surface area contributed by atoms with Crippen LogP contribution in [0.15, 0.2) is 42.5 Å². The van der Waals surface area contributed by atoms with Gasteiger partial charge in [0.2, 0.25) is 0 Å². The Morgan fingerprint density at radius 2 is 1.47 bits per heavy atom. The van der Waals surface area contributed by atoms with E-state index in [4.69, 9.17) is 9.47 Å². The number of hydrogen-bond acceptors (Lipinski definition) is 3. The maximum absolute atomic E-state index is 13.0.